The van der Waals surface area contributed by atoms with E-state index in [9.17, 15) is 13.2 Å². The van der Waals surface area contributed by atoms with E-state index in [1.807, 2.05) is 12.1 Å². The van der Waals surface area contributed by atoms with Crippen LogP contribution >= 0.6 is 11.3 Å². The Balaban J connectivity index is 1.68. The first-order valence-electron chi connectivity index (χ1n) is 6.03. The number of fused-ring (bicyclic) bond motifs is 1. The molecule has 2 aromatic rings. The number of thiophene rings is 1. The Morgan fingerprint density at radius 2 is 2.25 bits per heavy atom. The second kappa shape index (κ2) is 4.99. The first-order chi connectivity index (χ1) is 9.53. The smallest absolute Gasteiger partial charge is 0.261 e. The van der Waals surface area contributed by atoms with Gasteiger partial charge in [-0.2, -0.15) is 0 Å². The molecule has 3 rings (SSSR count). The summed E-state index contributed by atoms with van der Waals surface area (Å²) in [6, 6.07) is 5.38. The van der Waals surface area contributed by atoms with Crippen molar-refractivity contribution in [3.63, 3.8) is 0 Å². The van der Waals surface area contributed by atoms with Crippen molar-refractivity contribution in [1.29, 1.82) is 0 Å². The molecule has 0 radical (unpaired) electrons. The molecule has 2 aromatic heterocycles. The molecule has 0 spiro atoms. The minimum Gasteiger partial charge on any atom is -0.347 e. The number of nitrogens with zero attached hydrogens (tertiary/aromatic N) is 1. The number of nitrogens with one attached hydrogen (secondary N) is 1. The van der Waals surface area contributed by atoms with Crippen LogP contribution in [0.5, 0.6) is 0 Å². The molecule has 0 saturated heterocycles. The lowest BCUT2D eigenvalue weighted by Gasteiger charge is -2.03. The van der Waals surface area contributed by atoms with Gasteiger partial charge in [0.1, 0.15) is 0 Å². The van der Waals surface area contributed by atoms with Gasteiger partial charge in [0.05, 0.1) is 16.4 Å². The van der Waals surface area contributed by atoms with Crippen molar-refractivity contribution in [2.24, 2.45) is 0 Å². The molecule has 3 heterocycles. The predicted molar refractivity (Wildman–Crippen MR) is 76.1 cm³/mol. The fraction of sp³-hybridized carbons (Fsp3) is 0.231. The normalized spacial score (nSPS) is 15.8. The molecule has 0 unspecified atom stereocenters. The Bertz CT molecular complexity index is 722. The summed E-state index contributed by atoms with van der Waals surface area (Å²) in [4.78, 5) is 17.3. The molecule has 0 bridgehead atoms. The van der Waals surface area contributed by atoms with E-state index in [0.29, 0.717) is 11.4 Å². The lowest BCUT2D eigenvalue weighted by molar-refractivity contribution is 0.0955. The summed E-state index contributed by atoms with van der Waals surface area (Å²) in [6.45, 7) is 0.410. The molecular weight excluding hydrogens is 296 g/mol. The van der Waals surface area contributed by atoms with Gasteiger partial charge in [-0.3, -0.25) is 9.78 Å². The minimum atomic E-state index is -2.99. The Kier molecular flexibility index (Phi) is 3.31. The third kappa shape index (κ3) is 2.73. The number of carbonyl (C=O) groups is 1. The topological polar surface area (TPSA) is 76.1 Å². The van der Waals surface area contributed by atoms with Crippen molar-refractivity contribution >= 4 is 27.1 Å². The lowest BCUT2D eigenvalue weighted by atomic mass is 10.2. The molecule has 0 aliphatic carbocycles. The Labute approximate surface area is 120 Å². The molecule has 7 heteroatoms. The first kappa shape index (κ1) is 13.3. The van der Waals surface area contributed by atoms with Gasteiger partial charge in [-0.15, -0.1) is 11.3 Å². The number of hydrogen-bond acceptors (Lipinski definition) is 5. The van der Waals surface area contributed by atoms with Crippen LogP contribution < -0.4 is 5.32 Å². The van der Waals surface area contributed by atoms with E-state index in [4.69, 9.17) is 0 Å². The van der Waals surface area contributed by atoms with Crippen molar-refractivity contribution in [3.05, 3.63) is 51.5 Å². The summed E-state index contributed by atoms with van der Waals surface area (Å²) in [5, 5.41) is 2.81. The third-order valence-corrected chi connectivity index (χ3v) is 5.86. The predicted octanol–water partition coefficient (Wildman–Crippen LogP) is 1.50. The van der Waals surface area contributed by atoms with Crippen molar-refractivity contribution in [2.45, 2.75) is 18.1 Å². The van der Waals surface area contributed by atoms with E-state index in [-0.39, 0.29) is 17.4 Å². The molecular formula is C13H12N2O3S2. The Hall–Kier alpha value is -1.73. The minimum absolute atomic E-state index is 0.0503. The van der Waals surface area contributed by atoms with Crippen molar-refractivity contribution in [2.75, 3.05) is 0 Å². The quantitative estimate of drug-likeness (QED) is 0.932. The molecule has 0 fully saturated rings. The van der Waals surface area contributed by atoms with Crippen LogP contribution in [0.2, 0.25) is 0 Å². The van der Waals surface area contributed by atoms with E-state index >= 15 is 0 Å². The maximum atomic E-state index is 12.0. The average molecular weight is 308 g/mol. The second-order valence-electron chi connectivity index (χ2n) is 4.64. The Morgan fingerprint density at radius 3 is 2.95 bits per heavy atom. The molecule has 0 aromatic carbocycles. The second-order valence-corrected chi connectivity index (χ2v) is 7.84. The van der Waals surface area contributed by atoms with Gasteiger partial charge in [0.25, 0.3) is 5.91 Å². The van der Waals surface area contributed by atoms with E-state index in [0.717, 1.165) is 16.0 Å². The number of pyridine rings is 1. The molecule has 0 saturated carbocycles. The molecule has 20 heavy (non-hydrogen) atoms. The number of rotatable bonds is 3. The fourth-order valence-electron chi connectivity index (χ4n) is 2.08. The molecule has 104 valence electrons. The van der Waals surface area contributed by atoms with E-state index < -0.39 is 9.84 Å². The first-order valence-corrected chi connectivity index (χ1v) is 8.66. The van der Waals surface area contributed by atoms with Crippen LogP contribution in [0.4, 0.5) is 0 Å². The highest BCUT2D eigenvalue weighted by atomic mass is 32.2. The summed E-state index contributed by atoms with van der Waals surface area (Å²) >= 11 is 1.26. The van der Waals surface area contributed by atoms with Crippen LogP contribution in [0.15, 0.2) is 30.6 Å². The number of hydrogen-bond donors (Lipinski definition) is 1. The fourth-order valence-corrected chi connectivity index (χ4v) is 5.26. The van der Waals surface area contributed by atoms with E-state index in [1.165, 1.54) is 11.3 Å². The van der Waals surface area contributed by atoms with Gasteiger partial charge in [-0.1, -0.05) is 6.07 Å². The highest BCUT2D eigenvalue weighted by Gasteiger charge is 2.28. The SMILES string of the molecule is O=C(NCc1cccnc1)c1cc2c(s1)CS(=O)(=O)C2. The largest absolute Gasteiger partial charge is 0.347 e. The summed E-state index contributed by atoms with van der Waals surface area (Å²) in [7, 11) is -2.99. The van der Waals surface area contributed by atoms with E-state index in [1.54, 1.807) is 18.5 Å². The maximum Gasteiger partial charge on any atom is 0.261 e. The highest BCUT2D eigenvalue weighted by Crippen LogP contribution is 2.32. The molecule has 0 atom stereocenters. The van der Waals surface area contributed by atoms with Gasteiger partial charge in [0, 0.05) is 23.8 Å². The molecule has 1 aliphatic heterocycles. The molecule has 1 N–H and O–H groups in total. The maximum absolute atomic E-state index is 12.0. The number of sulfone groups is 1. The van der Waals surface area contributed by atoms with E-state index in [2.05, 4.69) is 10.3 Å². The van der Waals surface area contributed by atoms with Crippen LogP contribution in [0.1, 0.15) is 25.7 Å². The highest BCUT2D eigenvalue weighted by molar-refractivity contribution is 7.90. The summed E-state index contributed by atoms with van der Waals surface area (Å²) in [5.41, 5.74) is 1.69. The third-order valence-electron chi connectivity index (χ3n) is 3.02. The van der Waals surface area contributed by atoms with Crippen molar-refractivity contribution in [3.8, 4) is 0 Å². The van der Waals surface area contributed by atoms with Crippen LogP contribution in [0, 0.1) is 0 Å². The zero-order valence-electron chi connectivity index (χ0n) is 10.5. The van der Waals surface area contributed by atoms with Gasteiger partial charge >= 0.3 is 0 Å². The van der Waals surface area contributed by atoms with Crippen molar-refractivity contribution < 1.29 is 13.2 Å². The summed E-state index contributed by atoms with van der Waals surface area (Å²) < 4.78 is 22.9. The van der Waals surface area contributed by atoms with Crippen LogP contribution in [-0.4, -0.2) is 19.3 Å². The zero-order chi connectivity index (χ0) is 14.2. The number of carbonyl (C=O) groups excluding carboxylic acids is 1. The van der Waals surface area contributed by atoms with Gasteiger partial charge in [-0.05, 0) is 23.3 Å². The van der Waals surface area contributed by atoms with Crippen LogP contribution in [0.3, 0.4) is 0 Å². The molecule has 1 amide bonds. The number of amides is 1. The summed E-state index contributed by atoms with van der Waals surface area (Å²) in [6.07, 6.45) is 3.37. The van der Waals surface area contributed by atoms with Gasteiger partial charge < -0.3 is 5.32 Å². The Morgan fingerprint density at radius 1 is 1.40 bits per heavy atom. The molecule has 1 aliphatic rings. The van der Waals surface area contributed by atoms with Crippen molar-refractivity contribution in [1.82, 2.24) is 10.3 Å². The summed E-state index contributed by atoms with van der Waals surface area (Å²) in [5.74, 6) is -0.0666. The van der Waals surface area contributed by atoms with Gasteiger partial charge in [0.2, 0.25) is 0 Å². The number of aromatic nitrogens is 1. The van der Waals surface area contributed by atoms with Gasteiger partial charge in [-0.25, -0.2) is 8.42 Å². The standard InChI is InChI=1S/C13H12N2O3S2/c16-13(15-6-9-2-1-3-14-5-9)11-4-10-7-20(17,18)8-12(10)19-11/h1-5H,6-8H2,(H,15,16). The monoisotopic (exact) mass is 308 g/mol. The van der Waals surface area contributed by atoms with Crippen LogP contribution in [-0.2, 0) is 27.9 Å². The molecule has 5 nitrogen and oxygen atoms in total. The lowest BCUT2D eigenvalue weighted by Crippen LogP contribution is -2.21. The zero-order valence-corrected chi connectivity index (χ0v) is 12.1. The average Bonchev–Trinajstić information content (AvgIpc) is 2.90. The van der Waals surface area contributed by atoms with Crippen LogP contribution in [0.25, 0.3) is 0 Å². The van der Waals surface area contributed by atoms with Gasteiger partial charge in [0.15, 0.2) is 9.84 Å².